The maximum atomic E-state index is 11.8. The number of halogens is 2. The minimum absolute atomic E-state index is 0.298. The Morgan fingerprint density at radius 2 is 2.00 bits per heavy atom. The second-order valence-electron chi connectivity index (χ2n) is 4.13. The Bertz CT molecular complexity index is 383. The SMILES string of the molecule is CC(C)(C)OC(=O)c1cc(I)ccc1Br. The van der Waals surface area contributed by atoms with Gasteiger partial charge >= 0.3 is 5.97 Å². The van der Waals surface area contributed by atoms with E-state index in [0.29, 0.717) is 5.56 Å². The van der Waals surface area contributed by atoms with Crippen LogP contribution < -0.4 is 0 Å². The molecule has 0 bridgehead atoms. The van der Waals surface area contributed by atoms with Gasteiger partial charge in [-0.25, -0.2) is 4.79 Å². The number of rotatable bonds is 1. The van der Waals surface area contributed by atoms with Gasteiger partial charge in [-0.2, -0.15) is 0 Å². The lowest BCUT2D eigenvalue weighted by Crippen LogP contribution is -2.24. The molecule has 0 heterocycles. The smallest absolute Gasteiger partial charge is 0.339 e. The highest BCUT2D eigenvalue weighted by Crippen LogP contribution is 2.22. The first-order valence-corrected chi connectivity index (χ1v) is 6.35. The zero-order valence-electron chi connectivity index (χ0n) is 8.80. The third-order valence-electron chi connectivity index (χ3n) is 1.55. The highest BCUT2D eigenvalue weighted by Gasteiger charge is 2.19. The fourth-order valence-electron chi connectivity index (χ4n) is 0.987. The molecule has 0 fully saturated rings. The van der Waals surface area contributed by atoms with Crippen LogP contribution in [-0.4, -0.2) is 11.6 Å². The molecule has 15 heavy (non-hydrogen) atoms. The molecular formula is C11H12BrIO2. The molecule has 82 valence electrons. The number of carbonyl (C=O) groups excluding carboxylic acids is 1. The van der Waals surface area contributed by atoms with Crippen molar-refractivity contribution in [2.24, 2.45) is 0 Å². The number of esters is 1. The van der Waals surface area contributed by atoms with Crippen LogP contribution in [0, 0.1) is 3.57 Å². The number of hydrogen-bond acceptors (Lipinski definition) is 2. The van der Waals surface area contributed by atoms with Crippen molar-refractivity contribution < 1.29 is 9.53 Å². The molecule has 0 aliphatic rings. The molecule has 0 radical (unpaired) electrons. The maximum absolute atomic E-state index is 11.8. The second kappa shape index (κ2) is 4.82. The number of benzene rings is 1. The first kappa shape index (κ1) is 13.0. The molecule has 1 aromatic rings. The summed E-state index contributed by atoms with van der Waals surface area (Å²) in [7, 11) is 0. The topological polar surface area (TPSA) is 26.3 Å². The molecule has 1 aromatic carbocycles. The molecule has 0 atom stereocenters. The van der Waals surface area contributed by atoms with Gasteiger partial charge in [-0.15, -0.1) is 0 Å². The van der Waals surface area contributed by atoms with Gasteiger partial charge < -0.3 is 4.74 Å². The minimum Gasteiger partial charge on any atom is -0.456 e. The molecule has 0 saturated heterocycles. The van der Waals surface area contributed by atoms with Gasteiger partial charge in [-0.05, 0) is 77.5 Å². The molecule has 0 aliphatic heterocycles. The van der Waals surface area contributed by atoms with Gasteiger partial charge in [0, 0.05) is 8.04 Å². The van der Waals surface area contributed by atoms with E-state index in [0.717, 1.165) is 8.04 Å². The zero-order valence-corrected chi connectivity index (χ0v) is 12.5. The summed E-state index contributed by atoms with van der Waals surface area (Å²) < 4.78 is 7.06. The molecule has 0 unspecified atom stereocenters. The Balaban J connectivity index is 2.96. The summed E-state index contributed by atoms with van der Waals surface area (Å²) in [5, 5.41) is 0. The summed E-state index contributed by atoms with van der Waals surface area (Å²) in [5.74, 6) is -0.298. The van der Waals surface area contributed by atoms with Gasteiger partial charge in [0.2, 0.25) is 0 Å². The van der Waals surface area contributed by atoms with E-state index in [1.807, 2.05) is 32.9 Å². The predicted molar refractivity (Wildman–Crippen MR) is 72.0 cm³/mol. The average molecular weight is 383 g/mol. The summed E-state index contributed by atoms with van der Waals surface area (Å²) in [6, 6.07) is 5.58. The third kappa shape index (κ3) is 4.10. The molecule has 0 aromatic heterocycles. The van der Waals surface area contributed by atoms with Gasteiger partial charge in [0.25, 0.3) is 0 Å². The average Bonchev–Trinajstić information content (AvgIpc) is 2.06. The molecule has 1 rings (SSSR count). The van der Waals surface area contributed by atoms with Gasteiger partial charge in [-0.3, -0.25) is 0 Å². The standard InChI is InChI=1S/C11H12BrIO2/c1-11(2,3)15-10(14)8-6-7(13)4-5-9(8)12/h4-6H,1-3H3. The summed E-state index contributed by atoms with van der Waals surface area (Å²) in [5.41, 5.74) is 0.106. The lowest BCUT2D eigenvalue weighted by atomic mass is 10.2. The van der Waals surface area contributed by atoms with Gasteiger partial charge in [-0.1, -0.05) is 0 Å². The Labute approximate surface area is 112 Å². The molecular weight excluding hydrogens is 371 g/mol. The number of carbonyl (C=O) groups is 1. The minimum atomic E-state index is -0.461. The molecule has 2 nitrogen and oxygen atoms in total. The van der Waals surface area contributed by atoms with Gasteiger partial charge in [0.1, 0.15) is 5.60 Å². The summed E-state index contributed by atoms with van der Waals surface area (Å²) >= 11 is 5.50. The van der Waals surface area contributed by atoms with Crippen LogP contribution in [0.3, 0.4) is 0 Å². The fraction of sp³-hybridized carbons (Fsp3) is 0.364. The van der Waals surface area contributed by atoms with E-state index < -0.39 is 5.60 Å². The van der Waals surface area contributed by atoms with Crippen LogP contribution in [-0.2, 0) is 4.74 Å². The quantitative estimate of drug-likeness (QED) is 0.541. The van der Waals surface area contributed by atoms with E-state index in [4.69, 9.17) is 4.74 Å². The Hall–Kier alpha value is -0.100. The first-order valence-electron chi connectivity index (χ1n) is 4.48. The molecule has 0 spiro atoms. The van der Waals surface area contributed by atoms with Crippen LogP contribution in [0.2, 0.25) is 0 Å². The lowest BCUT2D eigenvalue weighted by molar-refractivity contribution is 0.00684. The van der Waals surface area contributed by atoms with E-state index in [-0.39, 0.29) is 5.97 Å². The van der Waals surface area contributed by atoms with Crippen molar-refractivity contribution in [2.45, 2.75) is 26.4 Å². The van der Waals surface area contributed by atoms with E-state index in [1.54, 1.807) is 6.07 Å². The summed E-state index contributed by atoms with van der Waals surface area (Å²) in [6.45, 7) is 5.56. The highest BCUT2D eigenvalue weighted by molar-refractivity contribution is 14.1. The van der Waals surface area contributed by atoms with Crippen LogP contribution >= 0.6 is 38.5 Å². The van der Waals surface area contributed by atoms with Crippen molar-refractivity contribution >= 4 is 44.5 Å². The maximum Gasteiger partial charge on any atom is 0.339 e. The molecule has 0 amide bonds. The molecule has 0 saturated carbocycles. The van der Waals surface area contributed by atoms with Crippen LogP contribution in [0.25, 0.3) is 0 Å². The van der Waals surface area contributed by atoms with E-state index in [2.05, 4.69) is 38.5 Å². The van der Waals surface area contributed by atoms with Crippen LogP contribution in [0.4, 0.5) is 0 Å². The monoisotopic (exact) mass is 382 g/mol. The second-order valence-corrected chi connectivity index (χ2v) is 6.23. The lowest BCUT2D eigenvalue weighted by Gasteiger charge is -2.19. The Morgan fingerprint density at radius 3 is 2.53 bits per heavy atom. The Morgan fingerprint density at radius 1 is 1.40 bits per heavy atom. The Kier molecular flexibility index (Phi) is 4.17. The fourth-order valence-corrected chi connectivity index (χ4v) is 1.89. The molecule has 4 heteroatoms. The predicted octanol–water partition coefficient (Wildman–Crippen LogP) is 4.01. The first-order chi connectivity index (χ1) is 6.79. The third-order valence-corrected chi connectivity index (χ3v) is 2.91. The van der Waals surface area contributed by atoms with E-state index in [9.17, 15) is 4.79 Å². The van der Waals surface area contributed by atoms with Crippen molar-refractivity contribution in [2.75, 3.05) is 0 Å². The van der Waals surface area contributed by atoms with Crippen LogP contribution in [0.15, 0.2) is 22.7 Å². The largest absolute Gasteiger partial charge is 0.456 e. The summed E-state index contributed by atoms with van der Waals surface area (Å²) in [6.07, 6.45) is 0. The molecule has 0 N–H and O–H groups in total. The zero-order chi connectivity index (χ0) is 11.6. The highest BCUT2D eigenvalue weighted by atomic mass is 127. The summed E-state index contributed by atoms with van der Waals surface area (Å²) in [4.78, 5) is 11.8. The van der Waals surface area contributed by atoms with E-state index >= 15 is 0 Å². The van der Waals surface area contributed by atoms with Crippen molar-refractivity contribution in [1.82, 2.24) is 0 Å². The van der Waals surface area contributed by atoms with Gasteiger partial charge in [0.05, 0.1) is 5.56 Å². The number of hydrogen-bond donors (Lipinski definition) is 0. The molecule has 0 aliphatic carbocycles. The van der Waals surface area contributed by atoms with Crippen molar-refractivity contribution in [3.05, 3.63) is 31.8 Å². The van der Waals surface area contributed by atoms with Crippen LogP contribution in [0.1, 0.15) is 31.1 Å². The van der Waals surface area contributed by atoms with E-state index in [1.165, 1.54) is 0 Å². The van der Waals surface area contributed by atoms with Crippen molar-refractivity contribution in [1.29, 1.82) is 0 Å². The van der Waals surface area contributed by atoms with Crippen molar-refractivity contribution in [3.8, 4) is 0 Å². The van der Waals surface area contributed by atoms with Gasteiger partial charge in [0.15, 0.2) is 0 Å². The normalized spacial score (nSPS) is 11.3. The number of ether oxygens (including phenoxy) is 1. The van der Waals surface area contributed by atoms with Crippen LogP contribution in [0.5, 0.6) is 0 Å². The van der Waals surface area contributed by atoms with Crippen molar-refractivity contribution in [3.63, 3.8) is 0 Å².